The molecule has 148 valence electrons. The fourth-order valence-electron chi connectivity index (χ4n) is 3.45. The van der Waals surface area contributed by atoms with Gasteiger partial charge >= 0.3 is 0 Å². The molecule has 1 saturated heterocycles. The van der Waals surface area contributed by atoms with Gasteiger partial charge in [0.05, 0.1) is 0 Å². The highest BCUT2D eigenvalue weighted by Gasteiger charge is 2.16. The first-order valence-corrected chi connectivity index (χ1v) is 9.93. The molecule has 5 nitrogen and oxygen atoms in total. The molecule has 1 aliphatic heterocycles. The zero-order valence-corrected chi connectivity index (χ0v) is 16.9. The van der Waals surface area contributed by atoms with Gasteiger partial charge in [-0.25, -0.2) is 0 Å². The van der Waals surface area contributed by atoms with Gasteiger partial charge in [-0.05, 0) is 74.1 Å². The molecular formula is C23H29N3O2. The van der Waals surface area contributed by atoms with Crippen LogP contribution in [-0.2, 0) is 9.59 Å². The van der Waals surface area contributed by atoms with Gasteiger partial charge in [-0.1, -0.05) is 19.1 Å². The zero-order valence-electron chi connectivity index (χ0n) is 16.9. The lowest BCUT2D eigenvalue weighted by atomic mass is 9.99. The first-order chi connectivity index (χ1) is 13.4. The first kappa shape index (κ1) is 19.9. The summed E-state index contributed by atoms with van der Waals surface area (Å²) in [6.45, 7) is 8.39. The minimum Gasteiger partial charge on any atom is -0.372 e. The van der Waals surface area contributed by atoms with Crippen molar-refractivity contribution in [3.63, 3.8) is 0 Å². The van der Waals surface area contributed by atoms with Crippen molar-refractivity contribution >= 4 is 28.9 Å². The maximum atomic E-state index is 12.2. The number of nitrogens with one attached hydrogen (secondary N) is 2. The number of hydrogen-bond acceptors (Lipinski definition) is 3. The average Bonchev–Trinajstić information content (AvgIpc) is 2.66. The highest BCUT2D eigenvalue weighted by molar-refractivity contribution is 6.08. The summed E-state index contributed by atoms with van der Waals surface area (Å²) in [5.41, 5.74) is 4.75. The number of carbonyl (C=O) groups is 2. The maximum absolute atomic E-state index is 12.2. The molecule has 0 atom stereocenters. The topological polar surface area (TPSA) is 61.4 Å². The number of carbonyl (C=O) groups excluding carboxylic acids is 2. The van der Waals surface area contributed by atoms with Crippen LogP contribution >= 0.6 is 0 Å². The van der Waals surface area contributed by atoms with E-state index in [4.69, 9.17) is 0 Å². The van der Waals surface area contributed by atoms with Crippen LogP contribution in [0.3, 0.4) is 0 Å². The molecule has 0 bridgehead atoms. The van der Waals surface area contributed by atoms with Crippen LogP contribution in [0.5, 0.6) is 0 Å². The third-order valence-electron chi connectivity index (χ3n) is 5.50. The van der Waals surface area contributed by atoms with Crippen molar-refractivity contribution in [2.75, 3.05) is 28.6 Å². The standard InChI is InChI=1S/C23H29N3O2/c1-16-11-13-26(14-12-16)20-9-7-19(8-10-20)24-22(27)15-23(28)25-21-6-4-5-17(2)18(21)3/h4-10,16H,11-15H2,1-3H3,(H,24,27)(H,25,28). The monoisotopic (exact) mass is 379 g/mol. The minimum absolute atomic E-state index is 0.209. The van der Waals surface area contributed by atoms with Crippen LogP contribution in [0.4, 0.5) is 17.1 Å². The molecule has 1 heterocycles. The lowest BCUT2D eigenvalue weighted by Crippen LogP contribution is -2.32. The van der Waals surface area contributed by atoms with Crippen LogP contribution in [-0.4, -0.2) is 24.9 Å². The van der Waals surface area contributed by atoms with Crippen LogP contribution in [0.2, 0.25) is 0 Å². The smallest absolute Gasteiger partial charge is 0.233 e. The van der Waals surface area contributed by atoms with Gasteiger partial charge in [0.1, 0.15) is 6.42 Å². The van der Waals surface area contributed by atoms with Crippen LogP contribution in [0.25, 0.3) is 0 Å². The molecule has 0 spiro atoms. The van der Waals surface area contributed by atoms with Crippen LogP contribution in [0.15, 0.2) is 42.5 Å². The molecule has 2 aromatic carbocycles. The van der Waals surface area contributed by atoms with Crippen LogP contribution in [0.1, 0.15) is 37.3 Å². The Bertz CT molecular complexity index is 837. The molecule has 2 aromatic rings. The van der Waals surface area contributed by atoms with E-state index in [0.717, 1.165) is 35.8 Å². The number of anilines is 3. The van der Waals surface area contributed by atoms with E-state index >= 15 is 0 Å². The van der Waals surface area contributed by atoms with Gasteiger partial charge in [0.15, 0.2) is 0 Å². The van der Waals surface area contributed by atoms with Gasteiger partial charge < -0.3 is 15.5 Å². The van der Waals surface area contributed by atoms with E-state index in [-0.39, 0.29) is 18.2 Å². The molecule has 0 aromatic heterocycles. The summed E-state index contributed by atoms with van der Waals surface area (Å²) in [6.07, 6.45) is 2.22. The number of amides is 2. The second-order valence-corrected chi connectivity index (χ2v) is 7.74. The van der Waals surface area contributed by atoms with E-state index in [1.807, 2.05) is 56.3 Å². The number of benzene rings is 2. The molecule has 0 saturated carbocycles. The van der Waals surface area contributed by atoms with E-state index in [1.54, 1.807) is 0 Å². The molecule has 1 aliphatic rings. The third-order valence-corrected chi connectivity index (χ3v) is 5.50. The second-order valence-electron chi connectivity index (χ2n) is 7.74. The van der Waals surface area contributed by atoms with E-state index in [0.29, 0.717) is 5.69 Å². The predicted molar refractivity (Wildman–Crippen MR) is 115 cm³/mol. The van der Waals surface area contributed by atoms with Gasteiger partial charge in [-0.3, -0.25) is 9.59 Å². The third kappa shape index (κ3) is 5.12. The minimum atomic E-state index is -0.317. The molecule has 2 N–H and O–H groups in total. The predicted octanol–water partition coefficient (Wildman–Crippen LogP) is 4.51. The van der Waals surface area contributed by atoms with Crippen molar-refractivity contribution in [2.24, 2.45) is 5.92 Å². The lowest BCUT2D eigenvalue weighted by molar-refractivity contribution is -0.123. The van der Waals surface area contributed by atoms with Crippen molar-refractivity contribution in [1.82, 2.24) is 0 Å². The second kappa shape index (κ2) is 8.91. The molecular weight excluding hydrogens is 350 g/mol. The Morgan fingerprint density at radius 1 is 0.964 bits per heavy atom. The number of rotatable bonds is 5. The highest BCUT2D eigenvalue weighted by atomic mass is 16.2. The molecule has 0 aliphatic carbocycles. The van der Waals surface area contributed by atoms with Crippen LogP contribution in [0, 0.1) is 19.8 Å². The highest BCUT2D eigenvalue weighted by Crippen LogP contribution is 2.24. The molecule has 5 heteroatoms. The number of aryl methyl sites for hydroxylation is 1. The van der Waals surface area contributed by atoms with Crippen molar-refractivity contribution in [2.45, 2.75) is 40.0 Å². The Kier molecular flexibility index (Phi) is 6.34. The molecule has 2 amide bonds. The van der Waals surface area contributed by atoms with Crippen molar-refractivity contribution in [1.29, 1.82) is 0 Å². The molecule has 1 fully saturated rings. The molecule has 28 heavy (non-hydrogen) atoms. The first-order valence-electron chi connectivity index (χ1n) is 9.93. The Hall–Kier alpha value is -2.82. The summed E-state index contributed by atoms with van der Waals surface area (Å²) < 4.78 is 0. The fourth-order valence-corrected chi connectivity index (χ4v) is 3.45. The lowest BCUT2D eigenvalue weighted by Gasteiger charge is -2.32. The van der Waals surface area contributed by atoms with E-state index < -0.39 is 0 Å². The number of nitrogens with zero attached hydrogens (tertiary/aromatic N) is 1. The summed E-state index contributed by atoms with van der Waals surface area (Å²) in [4.78, 5) is 26.8. The molecule has 0 radical (unpaired) electrons. The fraction of sp³-hybridized carbons (Fsp3) is 0.391. The summed E-state index contributed by atoms with van der Waals surface area (Å²) in [5.74, 6) is 0.164. The SMILES string of the molecule is Cc1cccc(NC(=O)CC(=O)Nc2ccc(N3CCC(C)CC3)cc2)c1C. The van der Waals surface area contributed by atoms with Crippen LogP contribution < -0.4 is 15.5 Å². The van der Waals surface area contributed by atoms with Gasteiger partial charge in [0, 0.05) is 30.2 Å². The Labute approximate surface area is 167 Å². The Morgan fingerprint density at radius 3 is 2.29 bits per heavy atom. The summed E-state index contributed by atoms with van der Waals surface area (Å²) in [7, 11) is 0. The van der Waals surface area contributed by atoms with Gasteiger partial charge in [-0.2, -0.15) is 0 Å². The maximum Gasteiger partial charge on any atom is 0.233 e. The number of hydrogen-bond donors (Lipinski definition) is 2. The Balaban J connectivity index is 1.51. The van der Waals surface area contributed by atoms with Crippen molar-refractivity contribution < 1.29 is 9.59 Å². The normalized spacial score (nSPS) is 14.6. The van der Waals surface area contributed by atoms with E-state index in [9.17, 15) is 9.59 Å². The quantitative estimate of drug-likeness (QED) is 0.752. The van der Waals surface area contributed by atoms with Crippen molar-refractivity contribution in [3.8, 4) is 0 Å². The largest absolute Gasteiger partial charge is 0.372 e. The summed E-state index contributed by atoms with van der Waals surface area (Å²) >= 11 is 0. The number of piperidine rings is 1. The summed E-state index contributed by atoms with van der Waals surface area (Å²) in [6, 6.07) is 13.6. The van der Waals surface area contributed by atoms with E-state index in [1.165, 1.54) is 18.5 Å². The Morgan fingerprint density at radius 2 is 1.61 bits per heavy atom. The molecule has 3 rings (SSSR count). The van der Waals surface area contributed by atoms with E-state index in [2.05, 4.69) is 22.5 Å². The zero-order chi connectivity index (χ0) is 20.1. The van der Waals surface area contributed by atoms with Gasteiger partial charge in [-0.15, -0.1) is 0 Å². The molecule has 0 unspecified atom stereocenters. The van der Waals surface area contributed by atoms with Gasteiger partial charge in [0.2, 0.25) is 11.8 Å². The summed E-state index contributed by atoms with van der Waals surface area (Å²) in [5, 5.41) is 5.62. The van der Waals surface area contributed by atoms with Crippen molar-refractivity contribution in [3.05, 3.63) is 53.6 Å². The van der Waals surface area contributed by atoms with Gasteiger partial charge in [0.25, 0.3) is 0 Å². The average molecular weight is 380 g/mol.